The minimum Gasteiger partial charge on any atom is -0.481 e. The number of carboxylic acids is 1. The van der Waals surface area contributed by atoms with E-state index >= 15 is 0 Å². The highest BCUT2D eigenvalue weighted by molar-refractivity contribution is 5.76. The smallest absolute Gasteiger partial charge is 0.315 e. The van der Waals surface area contributed by atoms with Crippen LogP contribution in [-0.4, -0.2) is 29.2 Å². The molecule has 0 aromatic heterocycles. The zero-order valence-electron chi connectivity index (χ0n) is 10.4. The lowest BCUT2D eigenvalue weighted by Gasteiger charge is -2.19. The van der Waals surface area contributed by atoms with Crippen LogP contribution in [-0.2, 0) is 4.79 Å². The first-order chi connectivity index (χ1) is 7.90. The van der Waals surface area contributed by atoms with Crippen LogP contribution >= 0.6 is 0 Å². The Hall–Kier alpha value is -1.52. The second-order valence-electron chi connectivity index (χ2n) is 4.82. The Labute approximate surface area is 101 Å². The Balaban J connectivity index is 2.34. The fourth-order valence-electron chi connectivity index (χ4n) is 1.57. The van der Waals surface area contributed by atoms with Gasteiger partial charge in [0.2, 0.25) is 0 Å². The van der Waals surface area contributed by atoms with Crippen molar-refractivity contribution in [2.45, 2.75) is 39.3 Å². The summed E-state index contributed by atoms with van der Waals surface area (Å²) in [6.07, 6.45) is 3.79. The lowest BCUT2D eigenvalue weighted by atomic mass is 10.1. The fourth-order valence-corrected chi connectivity index (χ4v) is 1.57. The Kier molecular flexibility index (Phi) is 4.54. The van der Waals surface area contributed by atoms with Crippen molar-refractivity contribution >= 4 is 12.0 Å². The Morgan fingerprint density at radius 3 is 2.41 bits per heavy atom. The van der Waals surface area contributed by atoms with Crippen LogP contribution in [0.3, 0.4) is 0 Å². The molecule has 0 aromatic carbocycles. The monoisotopic (exact) mass is 240 g/mol. The molecule has 0 aliphatic heterocycles. The van der Waals surface area contributed by atoms with E-state index in [2.05, 4.69) is 10.6 Å². The molecule has 0 spiro atoms. The van der Waals surface area contributed by atoms with E-state index in [1.54, 1.807) is 12.2 Å². The second kappa shape index (κ2) is 5.70. The van der Waals surface area contributed by atoms with Gasteiger partial charge in [0.1, 0.15) is 0 Å². The maximum absolute atomic E-state index is 11.6. The summed E-state index contributed by atoms with van der Waals surface area (Å²) in [6.45, 7) is 6.00. The molecule has 0 saturated carbocycles. The highest BCUT2D eigenvalue weighted by Gasteiger charge is 2.25. The van der Waals surface area contributed by atoms with Gasteiger partial charge in [0, 0.05) is 6.04 Å². The fraction of sp³-hybridized carbons (Fsp3) is 0.667. The third kappa shape index (κ3) is 4.09. The van der Waals surface area contributed by atoms with E-state index < -0.39 is 11.9 Å². The van der Waals surface area contributed by atoms with Gasteiger partial charge in [-0.05, 0) is 19.3 Å². The molecule has 1 rings (SSSR count). The Morgan fingerprint density at radius 2 is 1.94 bits per heavy atom. The molecule has 0 radical (unpaired) electrons. The summed E-state index contributed by atoms with van der Waals surface area (Å²) in [5.41, 5.74) is 0. The number of urea groups is 1. The molecular weight excluding hydrogens is 220 g/mol. The van der Waals surface area contributed by atoms with Gasteiger partial charge in [0.05, 0.1) is 12.0 Å². The van der Waals surface area contributed by atoms with Crippen molar-refractivity contribution in [1.82, 2.24) is 10.6 Å². The van der Waals surface area contributed by atoms with Crippen LogP contribution in [0.15, 0.2) is 12.2 Å². The van der Waals surface area contributed by atoms with Gasteiger partial charge in [0.25, 0.3) is 0 Å². The number of carbonyl (C=O) groups excluding carboxylic acids is 1. The van der Waals surface area contributed by atoms with Crippen LogP contribution in [0.25, 0.3) is 0 Å². The summed E-state index contributed by atoms with van der Waals surface area (Å²) < 4.78 is 0. The van der Waals surface area contributed by atoms with Gasteiger partial charge in [-0.15, -0.1) is 0 Å². The number of rotatable bonds is 4. The van der Waals surface area contributed by atoms with Gasteiger partial charge < -0.3 is 15.7 Å². The molecule has 3 unspecified atom stereocenters. The Morgan fingerprint density at radius 1 is 1.29 bits per heavy atom. The molecule has 17 heavy (non-hydrogen) atoms. The maximum Gasteiger partial charge on any atom is 0.315 e. The van der Waals surface area contributed by atoms with Crippen molar-refractivity contribution < 1.29 is 14.7 Å². The molecule has 5 heteroatoms. The van der Waals surface area contributed by atoms with E-state index in [0.29, 0.717) is 12.3 Å². The van der Waals surface area contributed by atoms with Crippen molar-refractivity contribution in [3.05, 3.63) is 12.2 Å². The average molecular weight is 240 g/mol. The number of hydrogen-bond acceptors (Lipinski definition) is 2. The van der Waals surface area contributed by atoms with E-state index in [4.69, 9.17) is 5.11 Å². The number of nitrogens with one attached hydrogen (secondary N) is 2. The molecule has 0 fully saturated rings. The summed E-state index contributed by atoms with van der Waals surface area (Å²) in [5, 5.41) is 14.4. The van der Waals surface area contributed by atoms with Gasteiger partial charge in [-0.25, -0.2) is 4.79 Å². The van der Waals surface area contributed by atoms with E-state index in [1.165, 1.54) is 0 Å². The quantitative estimate of drug-likeness (QED) is 0.649. The van der Waals surface area contributed by atoms with Crippen molar-refractivity contribution in [3.8, 4) is 0 Å². The number of aliphatic carboxylic acids is 1. The molecule has 0 bridgehead atoms. The molecule has 96 valence electrons. The number of carbonyl (C=O) groups is 2. The van der Waals surface area contributed by atoms with Gasteiger partial charge >= 0.3 is 12.0 Å². The summed E-state index contributed by atoms with van der Waals surface area (Å²) in [7, 11) is 0. The zero-order valence-corrected chi connectivity index (χ0v) is 10.4. The van der Waals surface area contributed by atoms with Crippen molar-refractivity contribution in [1.29, 1.82) is 0 Å². The molecule has 3 atom stereocenters. The van der Waals surface area contributed by atoms with Gasteiger partial charge in [-0.2, -0.15) is 0 Å². The van der Waals surface area contributed by atoms with Gasteiger partial charge in [-0.1, -0.05) is 26.0 Å². The standard InChI is InChI=1S/C12H20N2O3/c1-7(2)8(3)13-12(17)14-10-5-4-9(6-10)11(15)16/h4-5,7-10H,6H2,1-3H3,(H,15,16)(H2,13,14,17). The summed E-state index contributed by atoms with van der Waals surface area (Å²) in [5.74, 6) is -0.962. The van der Waals surface area contributed by atoms with E-state index in [0.717, 1.165) is 0 Å². The maximum atomic E-state index is 11.6. The third-order valence-corrected chi connectivity index (χ3v) is 3.08. The molecule has 0 saturated heterocycles. The highest BCUT2D eigenvalue weighted by Crippen LogP contribution is 2.17. The first-order valence-corrected chi connectivity index (χ1v) is 5.88. The molecule has 0 aromatic rings. The largest absolute Gasteiger partial charge is 0.481 e. The van der Waals surface area contributed by atoms with Crippen LogP contribution in [0, 0.1) is 11.8 Å². The van der Waals surface area contributed by atoms with Crippen molar-refractivity contribution in [2.75, 3.05) is 0 Å². The summed E-state index contributed by atoms with van der Waals surface area (Å²) >= 11 is 0. The van der Waals surface area contributed by atoms with Gasteiger partial charge in [-0.3, -0.25) is 4.79 Å². The molecule has 1 aliphatic carbocycles. The van der Waals surface area contributed by atoms with Gasteiger partial charge in [0.15, 0.2) is 0 Å². The lowest BCUT2D eigenvalue weighted by Crippen LogP contribution is -2.46. The van der Waals surface area contributed by atoms with Crippen LogP contribution in [0.5, 0.6) is 0 Å². The number of hydrogen-bond donors (Lipinski definition) is 3. The topological polar surface area (TPSA) is 78.4 Å². The predicted molar refractivity (Wildman–Crippen MR) is 64.6 cm³/mol. The predicted octanol–water partition coefficient (Wildman–Crippen LogP) is 1.36. The number of amides is 2. The number of carboxylic acid groups (broad SMARTS) is 1. The molecule has 1 aliphatic rings. The SMILES string of the molecule is CC(C)C(C)NC(=O)NC1C=CC(C(=O)O)C1. The van der Waals surface area contributed by atoms with E-state index in [9.17, 15) is 9.59 Å². The Bertz CT molecular complexity index is 326. The molecule has 2 amide bonds. The molecular formula is C12H20N2O3. The molecule has 5 nitrogen and oxygen atoms in total. The third-order valence-electron chi connectivity index (χ3n) is 3.08. The summed E-state index contributed by atoms with van der Waals surface area (Å²) in [4.78, 5) is 22.3. The van der Waals surface area contributed by atoms with Crippen LogP contribution in [0.2, 0.25) is 0 Å². The normalized spacial score (nSPS) is 24.7. The minimum absolute atomic E-state index is 0.0932. The lowest BCUT2D eigenvalue weighted by molar-refractivity contribution is -0.140. The van der Waals surface area contributed by atoms with Crippen molar-refractivity contribution in [3.63, 3.8) is 0 Å². The first kappa shape index (κ1) is 13.5. The molecule has 3 N–H and O–H groups in total. The second-order valence-corrected chi connectivity index (χ2v) is 4.82. The zero-order chi connectivity index (χ0) is 13.0. The van der Waals surface area contributed by atoms with Crippen LogP contribution in [0.1, 0.15) is 27.2 Å². The average Bonchev–Trinajstić information content (AvgIpc) is 2.65. The van der Waals surface area contributed by atoms with Crippen LogP contribution in [0.4, 0.5) is 4.79 Å². The summed E-state index contributed by atoms with van der Waals surface area (Å²) in [6, 6.07) is -0.335. The van der Waals surface area contributed by atoms with E-state index in [-0.39, 0.29) is 18.1 Å². The van der Waals surface area contributed by atoms with E-state index in [1.807, 2.05) is 20.8 Å². The van der Waals surface area contributed by atoms with Crippen LogP contribution < -0.4 is 10.6 Å². The first-order valence-electron chi connectivity index (χ1n) is 5.88. The molecule has 0 heterocycles. The minimum atomic E-state index is -0.846. The highest BCUT2D eigenvalue weighted by atomic mass is 16.4. The van der Waals surface area contributed by atoms with Crippen molar-refractivity contribution in [2.24, 2.45) is 11.8 Å².